The van der Waals surface area contributed by atoms with E-state index in [0.717, 1.165) is 36.3 Å². The molecule has 2 aromatic rings. The Labute approximate surface area is 177 Å². The van der Waals surface area contributed by atoms with Crippen LogP contribution in [0.5, 0.6) is 23.0 Å². The average Bonchev–Trinajstić information content (AvgIpc) is 3.30. The van der Waals surface area contributed by atoms with Gasteiger partial charge < -0.3 is 23.8 Å². The van der Waals surface area contributed by atoms with E-state index in [2.05, 4.69) is 12.1 Å². The van der Waals surface area contributed by atoms with Crippen molar-refractivity contribution in [3.05, 3.63) is 47.0 Å². The number of hydrogen-bond acceptors (Lipinski definition) is 5. The number of benzene rings is 2. The van der Waals surface area contributed by atoms with Crippen LogP contribution in [0.2, 0.25) is 0 Å². The van der Waals surface area contributed by atoms with E-state index in [1.54, 1.807) is 39.5 Å². The van der Waals surface area contributed by atoms with Crippen LogP contribution in [0.15, 0.2) is 30.3 Å². The van der Waals surface area contributed by atoms with Gasteiger partial charge in [-0.15, -0.1) is 0 Å². The maximum atomic E-state index is 13.1. The zero-order valence-electron chi connectivity index (χ0n) is 17.9. The molecule has 2 aliphatic rings. The number of hydrogen-bond donors (Lipinski definition) is 0. The molecule has 4 rings (SSSR count). The molecule has 30 heavy (non-hydrogen) atoms. The standard InChI is InChI=1S/C24H29NO5/c1-27-20-9-8-17(13-21(20)28-2)24(26)25-11-10-16-12-22(29-3)23(14-18(16)15-25)30-19-6-4-5-7-19/h8-9,12-14,19H,4-7,10-11,15H2,1-3H3. The van der Waals surface area contributed by atoms with Crippen LogP contribution in [0, 0.1) is 0 Å². The summed E-state index contributed by atoms with van der Waals surface area (Å²) in [6.45, 7) is 1.21. The van der Waals surface area contributed by atoms with E-state index in [4.69, 9.17) is 18.9 Å². The van der Waals surface area contributed by atoms with Crippen LogP contribution in [-0.4, -0.2) is 44.8 Å². The van der Waals surface area contributed by atoms with Crippen molar-refractivity contribution < 1.29 is 23.7 Å². The maximum absolute atomic E-state index is 13.1. The van der Waals surface area contributed by atoms with Crippen molar-refractivity contribution in [2.75, 3.05) is 27.9 Å². The minimum Gasteiger partial charge on any atom is -0.493 e. The summed E-state index contributed by atoms with van der Waals surface area (Å²) in [5.74, 6) is 2.70. The molecular formula is C24H29NO5. The summed E-state index contributed by atoms with van der Waals surface area (Å²) in [5.41, 5.74) is 2.91. The van der Waals surface area contributed by atoms with Gasteiger partial charge in [0.25, 0.3) is 5.91 Å². The predicted molar refractivity (Wildman–Crippen MR) is 114 cm³/mol. The van der Waals surface area contributed by atoms with Crippen LogP contribution in [0.4, 0.5) is 0 Å². The van der Waals surface area contributed by atoms with E-state index in [9.17, 15) is 4.79 Å². The highest BCUT2D eigenvalue weighted by Gasteiger charge is 2.26. The van der Waals surface area contributed by atoms with Gasteiger partial charge in [0.15, 0.2) is 23.0 Å². The lowest BCUT2D eigenvalue weighted by Crippen LogP contribution is -2.36. The normalized spacial score (nSPS) is 16.2. The lowest BCUT2D eigenvalue weighted by atomic mass is 9.98. The third-order valence-corrected chi connectivity index (χ3v) is 6.01. The molecule has 0 spiro atoms. The largest absolute Gasteiger partial charge is 0.493 e. The zero-order chi connectivity index (χ0) is 21.1. The molecule has 0 saturated heterocycles. The summed E-state index contributed by atoms with van der Waals surface area (Å²) in [5, 5.41) is 0. The minimum atomic E-state index is -0.0179. The van der Waals surface area contributed by atoms with Gasteiger partial charge in [-0.2, -0.15) is 0 Å². The molecule has 1 aliphatic carbocycles. The lowest BCUT2D eigenvalue weighted by molar-refractivity contribution is 0.0733. The van der Waals surface area contributed by atoms with Gasteiger partial charge in [0.2, 0.25) is 0 Å². The summed E-state index contributed by atoms with van der Waals surface area (Å²) in [7, 11) is 4.84. The molecule has 6 nitrogen and oxygen atoms in total. The number of ether oxygens (including phenoxy) is 4. The zero-order valence-corrected chi connectivity index (χ0v) is 17.9. The lowest BCUT2D eigenvalue weighted by Gasteiger charge is -2.30. The topological polar surface area (TPSA) is 57.2 Å². The van der Waals surface area contributed by atoms with E-state index in [-0.39, 0.29) is 12.0 Å². The molecule has 1 amide bonds. The Morgan fingerprint density at radius 3 is 2.23 bits per heavy atom. The van der Waals surface area contributed by atoms with E-state index in [1.807, 2.05) is 4.90 Å². The molecule has 0 bridgehead atoms. The molecule has 1 fully saturated rings. The van der Waals surface area contributed by atoms with Crippen molar-refractivity contribution in [2.24, 2.45) is 0 Å². The fourth-order valence-electron chi connectivity index (χ4n) is 4.33. The van der Waals surface area contributed by atoms with Crippen molar-refractivity contribution in [3.8, 4) is 23.0 Å². The number of amides is 1. The molecule has 0 radical (unpaired) electrons. The van der Waals surface area contributed by atoms with Crippen LogP contribution < -0.4 is 18.9 Å². The van der Waals surface area contributed by atoms with Crippen LogP contribution in [-0.2, 0) is 13.0 Å². The number of fused-ring (bicyclic) bond motifs is 1. The maximum Gasteiger partial charge on any atom is 0.254 e. The molecular weight excluding hydrogens is 382 g/mol. The third-order valence-electron chi connectivity index (χ3n) is 6.01. The van der Waals surface area contributed by atoms with Gasteiger partial charge in [0, 0.05) is 18.7 Å². The molecule has 6 heteroatoms. The Bertz CT molecular complexity index is 920. The quantitative estimate of drug-likeness (QED) is 0.712. The van der Waals surface area contributed by atoms with E-state index in [0.29, 0.717) is 30.2 Å². The molecule has 1 aliphatic heterocycles. The number of carbonyl (C=O) groups is 1. The van der Waals surface area contributed by atoms with Gasteiger partial charge in [0.05, 0.1) is 27.4 Å². The van der Waals surface area contributed by atoms with Crippen molar-refractivity contribution in [1.29, 1.82) is 0 Å². The van der Waals surface area contributed by atoms with Crippen molar-refractivity contribution in [2.45, 2.75) is 44.8 Å². The Morgan fingerprint density at radius 1 is 0.867 bits per heavy atom. The van der Waals surface area contributed by atoms with Gasteiger partial charge in [-0.05, 0) is 73.6 Å². The van der Waals surface area contributed by atoms with Gasteiger partial charge in [-0.3, -0.25) is 4.79 Å². The summed E-state index contributed by atoms with van der Waals surface area (Å²) >= 11 is 0. The number of rotatable bonds is 6. The van der Waals surface area contributed by atoms with Gasteiger partial charge >= 0.3 is 0 Å². The molecule has 160 valence electrons. The van der Waals surface area contributed by atoms with Crippen molar-refractivity contribution in [3.63, 3.8) is 0 Å². The fraction of sp³-hybridized carbons (Fsp3) is 0.458. The highest BCUT2D eigenvalue weighted by Crippen LogP contribution is 2.36. The van der Waals surface area contributed by atoms with Crippen LogP contribution in [0.3, 0.4) is 0 Å². The summed E-state index contributed by atoms with van der Waals surface area (Å²) in [4.78, 5) is 15.0. The van der Waals surface area contributed by atoms with Crippen LogP contribution in [0.25, 0.3) is 0 Å². The van der Waals surface area contributed by atoms with Gasteiger partial charge in [0.1, 0.15) is 0 Å². The SMILES string of the molecule is COc1ccc(C(=O)N2CCc3cc(OC)c(OC4CCCC4)cc3C2)cc1OC. The van der Waals surface area contributed by atoms with E-state index >= 15 is 0 Å². The summed E-state index contributed by atoms with van der Waals surface area (Å²) < 4.78 is 22.4. The monoisotopic (exact) mass is 411 g/mol. The van der Waals surface area contributed by atoms with Gasteiger partial charge in [-0.1, -0.05) is 0 Å². The molecule has 0 unspecified atom stereocenters. The summed E-state index contributed by atoms with van der Waals surface area (Å²) in [6.07, 6.45) is 5.64. The van der Waals surface area contributed by atoms with Crippen LogP contribution >= 0.6 is 0 Å². The van der Waals surface area contributed by atoms with Crippen LogP contribution in [0.1, 0.15) is 47.2 Å². The highest BCUT2D eigenvalue weighted by molar-refractivity contribution is 5.95. The second kappa shape index (κ2) is 8.86. The Balaban J connectivity index is 1.55. The van der Waals surface area contributed by atoms with Crippen molar-refractivity contribution >= 4 is 5.91 Å². The Hall–Kier alpha value is -2.89. The Morgan fingerprint density at radius 2 is 1.53 bits per heavy atom. The first-order valence-corrected chi connectivity index (χ1v) is 10.5. The predicted octanol–water partition coefficient (Wildman–Crippen LogP) is 4.23. The van der Waals surface area contributed by atoms with Gasteiger partial charge in [-0.25, -0.2) is 0 Å². The fourth-order valence-corrected chi connectivity index (χ4v) is 4.33. The number of methoxy groups -OCH3 is 3. The third kappa shape index (κ3) is 4.04. The number of nitrogens with zero attached hydrogens (tertiary/aromatic N) is 1. The summed E-state index contributed by atoms with van der Waals surface area (Å²) in [6, 6.07) is 9.40. The average molecular weight is 411 g/mol. The smallest absolute Gasteiger partial charge is 0.254 e. The first kappa shape index (κ1) is 20.4. The Kier molecular flexibility index (Phi) is 6.02. The second-order valence-corrected chi connectivity index (χ2v) is 7.84. The molecule has 1 saturated carbocycles. The molecule has 1 heterocycles. The van der Waals surface area contributed by atoms with E-state index < -0.39 is 0 Å². The molecule has 0 N–H and O–H groups in total. The second-order valence-electron chi connectivity index (χ2n) is 7.84. The molecule has 0 aromatic heterocycles. The molecule has 2 aromatic carbocycles. The highest BCUT2D eigenvalue weighted by atomic mass is 16.5. The number of carbonyl (C=O) groups excluding carboxylic acids is 1. The first-order chi connectivity index (χ1) is 14.6. The first-order valence-electron chi connectivity index (χ1n) is 10.5. The molecule has 0 atom stereocenters. The van der Waals surface area contributed by atoms with E-state index in [1.165, 1.54) is 18.4 Å². The minimum absolute atomic E-state index is 0.0179. The van der Waals surface area contributed by atoms with Crippen molar-refractivity contribution in [1.82, 2.24) is 4.90 Å².